The zero-order valence-electron chi connectivity index (χ0n) is 8.71. The van der Waals surface area contributed by atoms with E-state index in [1.54, 1.807) is 0 Å². The molecule has 0 atom stereocenters. The van der Waals surface area contributed by atoms with Crippen LogP contribution in [0.3, 0.4) is 0 Å². The molecule has 0 spiro atoms. The lowest BCUT2D eigenvalue weighted by molar-refractivity contribution is -0.276. The highest BCUT2D eigenvalue weighted by Crippen LogP contribution is 2.30. The summed E-state index contributed by atoms with van der Waals surface area (Å²) in [7, 11) is 1.36. The molecule has 0 amide bonds. The first-order chi connectivity index (χ1) is 7.91. The van der Waals surface area contributed by atoms with Gasteiger partial charge in [-0.05, 0) is 6.07 Å². The number of hydrogen-bond acceptors (Lipinski definition) is 4. The molecule has 0 saturated carbocycles. The molecule has 1 N–H and O–H groups in total. The van der Waals surface area contributed by atoms with Gasteiger partial charge in [0.05, 0.1) is 19.4 Å². The van der Waals surface area contributed by atoms with E-state index < -0.39 is 18.8 Å². The van der Waals surface area contributed by atoms with Crippen LogP contribution >= 0.6 is 15.9 Å². The largest absolute Gasteiger partial charge is 0.574 e. The summed E-state index contributed by atoms with van der Waals surface area (Å²) in [5, 5.41) is 9.15. The van der Waals surface area contributed by atoms with Crippen molar-refractivity contribution >= 4 is 15.9 Å². The van der Waals surface area contributed by atoms with E-state index in [-0.39, 0.29) is 22.3 Å². The molecule has 4 nitrogen and oxygen atoms in total. The number of alkyl halides is 4. The van der Waals surface area contributed by atoms with Gasteiger partial charge in [0.1, 0.15) is 5.75 Å². The van der Waals surface area contributed by atoms with Crippen LogP contribution in [0, 0.1) is 0 Å². The smallest absolute Gasteiger partial charge is 0.495 e. The summed E-state index contributed by atoms with van der Waals surface area (Å²) >= 11 is 3.07. The minimum Gasteiger partial charge on any atom is -0.495 e. The Bertz CT molecular complexity index is 398. The number of methoxy groups -OCH3 is 1. The van der Waals surface area contributed by atoms with Gasteiger partial charge in [-0.3, -0.25) is 0 Å². The standard InChI is InChI=1S/C9H9BrF3NO3/c1-16-7-2-5(4-15)8(14-6(7)3-10)17-9(11,12)13/h2,15H,3-4H2,1H3. The van der Waals surface area contributed by atoms with Crippen LogP contribution in [0.15, 0.2) is 6.07 Å². The summed E-state index contributed by atoms with van der Waals surface area (Å²) in [6, 6.07) is 1.25. The molecular formula is C9H9BrF3NO3. The molecule has 96 valence electrons. The van der Waals surface area contributed by atoms with Crippen molar-refractivity contribution in [3.05, 3.63) is 17.3 Å². The first kappa shape index (κ1) is 14.0. The summed E-state index contributed by atoms with van der Waals surface area (Å²) < 4.78 is 44.9. The molecule has 0 aliphatic heterocycles. The summed E-state index contributed by atoms with van der Waals surface area (Å²) in [6.07, 6.45) is -4.85. The number of ether oxygens (including phenoxy) is 2. The van der Waals surface area contributed by atoms with Crippen molar-refractivity contribution < 1.29 is 27.8 Å². The molecule has 0 fully saturated rings. The number of pyridine rings is 1. The van der Waals surface area contributed by atoms with Gasteiger partial charge in [0, 0.05) is 10.9 Å². The molecule has 8 heteroatoms. The van der Waals surface area contributed by atoms with Crippen LogP contribution in [-0.4, -0.2) is 23.6 Å². The third-order valence-electron chi connectivity index (χ3n) is 1.83. The third kappa shape index (κ3) is 3.74. The summed E-state index contributed by atoms with van der Waals surface area (Å²) in [6.45, 7) is -0.628. The van der Waals surface area contributed by atoms with Crippen molar-refractivity contribution in [3.8, 4) is 11.6 Å². The first-order valence-electron chi connectivity index (χ1n) is 4.40. The predicted octanol–water partition coefficient (Wildman–Crippen LogP) is 2.38. The van der Waals surface area contributed by atoms with Gasteiger partial charge in [0.15, 0.2) is 0 Å². The molecule has 0 aliphatic rings. The molecule has 17 heavy (non-hydrogen) atoms. The van der Waals surface area contributed by atoms with Crippen LogP contribution in [0.5, 0.6) is 11.6 Å². The fraction of sp³-hybridized carbons (Fsp3) is 0.444. The molecule has 0 aliphatic carbocycles. The fourth-order valence-corrected chi connectivity index (χ4v) is 1.54. The van der Waals surface area contributed by atoms with E-state index in [2.05, 4.69) is 25.7 Å². The Labute approximate surface area is 103 Å². The number of hydrogen-bond donors (Lipinski definition) is 1. The molecular weight excluding hydrogens is 307 g/mol. The van der Waals surface area contributed by atoms with Crippen LogP contribution in [-0.2, 0) is 11.9 Å². The number of nitrogens with zero attached hydrogens (tertiary/aromatic N) is 1. The average molecular weight is 316 g/mol. The van der Waals surface area contributed by atoms with Crippen LogP contribution in [0.2, 0.25) is 0 Å². The van der Waals surface area contributed by atoms with E-state index in [1.807, 2.05) is 0 Å². The van der Waals surface area contributed by atoms with Crippen LogP contribution < -0.4 is 9.47 Å². The number of halogens is 4. The SMILES string of the molecule is COc1cc(CO)c(OC(F)(F)F)nc1CBr. The van der Waals surface area contributed by atoms with Crippen molar-refractivity contribution in [1.82, 2.24) is 4.98 Å². The fourth-order valence-electron chi connectivity index (χ4n) is 1.14. The van der Waals surface area contributed by atoms with Crippen molar-refractivity contribution in [2.24, 2.45) is 0 Å². The molecule has 1 rings (SSSR count). The number of aliphatic hydroxyl groups is 1. The van der Waals surface area contributed by atoms with Crippen LogP contribution in [0.25, 0.3) is 0 Å². The Morgan fingerprint density at radius 2 is 2.12 bits per heavy atom. The quantitative estimate of drug-likeness (QED) is 0.867. The number of rotatable bonds is 4. The van der Waals surface area contributed by atoms with Gasteiger partial charge in [-0.25, -0.2) is 4.98 Å². The van der Waals surface area contributed by atoms with Gasteiger partial charge in [-0.15, -0.1) is 13.2 Å². The normalized spacial score (nSPS) is 11.4. The zero-order valence-corrected chi connectivity index (χ0v) is 10.3. The second kappa shape index (κ2) is 5.54. The highest BCUT2D eigenvalue weighted by atomic mass is 79.9. The minimum absolute atomic E-state index is 0.0936. The second-order valence-electron chi connectivity index (χ2n) is 2.94. The maximum absolute atomic E-state index is 12.1. The van der Waals surface area contributed by atoms with Crippen molar-refractivity contribution in [2.45, 2.75) is 18.3 Å². The zero-order chi connectivity index (χ0) is 13.1. The van der Waals surface area contributed by atoms with Crippen molar-refractivity contribution in [1.29, 1.82) is 0 Å². The highest BCUT2D eigenvalue weighted by Gasteiger charge is 2.33. The average Bonchev–Trinajstić information content (AvgIpc) is 2.26. The van der Waals surface area contributed by atoms with Gasteiger partial charge in [0.25, 0.3) is 0 Å². The van der Waals surface area contributed by atoms with E-state index in [1.165, 1.54) is 13.2 Å². The predicted molar refractivity (Wildman–Crippen MR) is 56.0 cm³/mol. The van der Waals surface area contributed by atoms with E-state index in [4.69, 9.17) is 9.84 Å². The molecule has 1 heterocycles. The van der Waals surface area contributed by atoms with Crippen molar-refractivity contribution in [3.63, 3.8) is 0 Å². The van der Waals surface area contributed by atoms with E-state index >= 15 is 0 Å². The molecule has 0 radical (unpaired) electrons. The molecule has 1 aromatic heterocycles. The second-order valence-corrected chi connectivity index (χ2v) is 3.50. The number of aliphatic hydroxyl groups excluding tert-OH is 1. The monoisotopic (exact) mass is 315 g/mol. The lowest BCUT2D eigenvalue weighted by Gasteiger charge is -2.14. The summed E-state index contributed by atoms with van der Waals surface area (Å²) in [5.74, 6) is -0.393. The molecule has 0 saturated heterocycles. The van der Waals surface area contributed by atoms with Gasteiger partial charge in [0.2, 0.25) is 5.88 Å². The Kier molecular flexibility index (Phi) is 4.58. The maximum atomic E-state index is 12.1. The summed E-state index contributed by atoms with van der Waals surface area (Å²) in [4.78, 5) is 3.64. The van der Waals surface area contributed by atoms with Gasteiger partial charge in [-0.1, -0.05) is 15.9 Å². The lowest BCUT2D eigenvalue weighted by atomic mass is 10.2. The molecule has 1 aromatic rings. The highest BCUT2D eigenvalue weighted by molar-refractivity contribution is 9.08. The van der Waals surface area contributed by atoms with Crippen LogP contribution in [0.4, 0.5) is 13.2 Å². The molecule has 0 aromatic carbocycles. The van der Waals surface area contributed by atoms with Gasteiger partial charge < -0.3 is 14.6 Å². The topological polar surface area (TPSA) is 51.6 Å². The lowest BCUT2D eigenvalue weighted by Crippen LogP contribution is -2.19. The minimum atomic E-state index is -4.85. The van der Waals surface area contributed by atoms with Gasteiger partial charge >= 0.3 is 6.36 Å². The van der Waals surface area contributed by atoms with E-state index in [0.717, 1.165) is 0 Å². The van der Waals surface area contributed by atoms with Crippen LogP contribution in [0.1, 0.15) is 11.3 Å². The Hall–Kier alpha value is -1.02. The Morgan fingerprint density at radius 3 is 2.53 bits per heavy atom. The van der Waals surface area contributed by atoms with E-state index in [0.29, 0.717) is 0 Å². The molecule has 0 bridgehead atoms. The number of aromatic nitrogens is 1. The van der Waals surface area contributed by atoms with E-state index in [9.17, 15) is 13.2 Å². The van der Waals surface area contributed by atoms with Crippen molar-refractivity contribution in [2.75, 3.05) is 7.11 Å². The van der Waals surface area contributed by atoms with Gasteiger partial charge in [-0.2, -0.15) is 0 Å². The first-order valence-corrected chi connectivity index (χ1v) is 5.52. The Morgan fingerprint density at radius 1 is 1.47 bits per heavy atom. The maximum Gasteiger partial charge on any atom is 0.574 e. The summed E-state index contributed by atoms with van der Waals surface area (Å²) in [5.41, 5.74) is 0.160. The third-order valence-corrected chi connectivity index (χ3v) is 2.36. The Balaban J connectivity index is 3.19. The molecule has 0 unspecified atom stereocenters.